The van der Waals surface area contributed by atoms with E-state index in [2.05, 4.69) is 5.32 Å². The average molecular weight is 521 g/mol. The van der Waals surface area contributed by atoms with Crippen LogP contribution < -0.4 is 14.8 Å². The first-order valence-electron chi connectivity index (χ1n) is 10.8. The Morgan fingerprint density at radius 2 is 1.81 bits per heavy atom. The van der Waals surface area contributed by atoms with Crippen molar-refractivity contribution in [3.63, 3.8) is 0 Å². The van der Waals surface area contributed by atoms with Crippen LogP contribution in [-0.4, -0.2) is 47.9 Å². The zero-order valence-electron chi connectivity index (χ0n) is 19.3. The molecule has 0 saturated carbocycles. The molecule has 3 atom stereocenters. The van der Waals surface area contributed by atoms with E-state index >= 15 is 0 Å². The van der Waals surface area contributed by atoms with Crippen LogP contribution in [0.5, 0.6) is 11.5 Å². The molecule has 7 nitrogen and oxygen atoms in total. The van der Waals surface area contributed by atoms with Crippen LogP contribution in [0.25, 0.3) is 0 Å². The number of hydrogen-bond acceptors (Lipinski definition) is 6. The third kappa shape index (κ3) is 4.28. The summed E-state index contributed by atoms with van der Waals surface area (Å²) in [5.74, 6) is -2.92. The Labute approximate surface area is 209 Å². The molecule has 1 aliphatic rings. The Kier molecular flexibility index (Phi) is 6.96. The highest BCUT2D eigenvalue weighted by Crippen LogP contribution is 2.51. The summed E-state index contributed by atoms with van der Waals surface area (Å²) >= 11 is 0.942. The lowest BCUT2D eigenvalue weighted by molar-refractivity contribution is -0.328. The smallest absolute Gasteiger partial charge is 0.437 e. The summed E-state index contributed by atoms with van der Waals surface area (Å²) in [5, 5.41) is 15.6. The number of urea groups is 1. The molecule has 3 aromatic rings. The molecule has 0 radical (unpaired) electrons. The quantitative estimate of drug-likeness (QED) is 0.438. The van der Waals surface area contributed by atoms with Crippen LogP contribution in [0.2, 0.25) is 0 Å². The van der Waals surface area contributed by atoms with E-state index in [1.54, 1.807) is 23.6 Å². The summed E-state index contributed by atoms with van der Waals surface area (Å²) in [4.78, 5) is 27.2. The molecule has 1 saturated heterocycles. The lowest BCUT2D eigenvalue weighted by Gasteiger charge is -2.51. The SMILES string of the molecule is COc1cccc([C@@H]2NC(=O)N(Cc3ccccc3)[C@@](O)(C(F)(F)F)[C@H]2C(=O)c2cccs2)c1OC. The van der Waals surface area contributed by atoms with Gasteiger partial charge in [0.1, 0.15) is 5.92 Å². The van der Waals surface area contributed by atoms with Crippen molar-refractivity contribution in [3.8, 4) is 11.5 Å². The van der Waals surface area contributed by atoms with Gasteiger partial charge in [-0.1, -0.05) is 48.5 Å². The van der Waals surface area contributed by atoms with Gasteiger partial charge in [-0.05, 0) is 23.1 Å². The molecule has 0 aliphatic carbocycles. The molecule has 0 spiro atoms. The van der Waals surface area contributed by atoms with E-state index in [4.69, 9.17) is 9.47 Å². The number of carbonyl (C=O) groups is 2. The number of carbonyl (C=O) groups excluding carboxylic acids is 2. The second-order valence-corrected chi connectivity index (χ2v) is 9.07. The van der Waals surface area contributed by atoms with Crippen molar-refractivity contribution in [2.45, 2.75) is 24.5 Å². The number of methoxy groups -OCH3 is 2. The molecule has 2 N–H and O–H groups in total. The molecule has 11 heteroatoms. The van der Waals surface area contributed by atoms with E-state index in [0.717, 1.165) is 11.3 Å². The number of rotatable bonds is 7. The molecule has 2 amide bonds. The van der Waals surface area contributed by atoms with Crippen molar-refractivity contribution >= 4 is 23.2 Å². The van der Waals surface area contributed by atoms with Crippen LogP contribution in [0.4, 0.5) is 18.0 Å². The van der Waals surface area contributed by atoms with Crippen molar-refractivity contribution in [2.24, 2.45) is 5.92 Å². The van der Waals surface area contributed by atoms with Gasteiger partial charge in [0.2, 0.25) is 0 Å². The third-order valence-electron chi connectivity index (χ3n) is 6.12. The molecular formula is C25H23F3N2O5S. The zero-order valence-corrected chi connectivity index (χ0v) is 20.1. The minimum Gasteiger partial charge on any atom is -0.493 e. The third-order valence-corrected chi connectivity index (χ3v) is 7.00. The molecule has 2 heterocycles. The molecule has 1 aromatic heterocycles. The number of amides is 2. The standard InChI is InChI=1S/C25H23F3N2O5S/c1-34-17-11-6-10-16(22(17)35-2)20-19(21(31)18-12-7-13-36-18)24(33,25(26,27)28)30(23(32)29-20)14-15-8-4-3-5-9-15/h3-13,19-20,33H,14H2,1-2H3,(H,29,32)/t19-,20+,24+/m1/s1. The van der Waals surface area contributed by atoms with Crippen LogP contribution in [0.15, 0.2) is 66.0 Å². The van der Waals surface area contributed by atoms with Crippen molar-refractivity contribution in [1.29, 1.82) is 0 Å². The van der Waals surface area contributed by atoms with Crippen LogP contribution in [0.3, 0.4) is 0 Å². The Morgan fingerprint density at radius 3 is 2.39 bits per heavy atom. The number of Topliss-reactive ketones (excluding diaryl/α,β-unsaturated/α-hetero) is 1. The summed E-state index contributed by atoms with van der Waals surface area (Å²) in [6, 6.07) is 12.5. The van der Waals surface area contributed by atoms with Gasteiger partial charge in [0.15, 0.2) is 17.3 Å². The predicted octanol–water partition coefficient (Wildman–Crippen LogP) is 4.78. The van der Waals surface area contributed by atoms with Gasteiger partial charge in [-0.3, -0.25) is 9.69 Å². The van der Waals surface area contributed by atoms with Crippen molar-refractivity contribution < 1.29 is 37.3 Å². The number of alkyl halides is 3. The maximum absolute atomic E-state index is 14.8. The van der Waals surface area contributed by atoms with Crippen LogP contribution in [0.1, 0.15) is 26.8 Å². The molecule has 0 unspecified atom stereocenters. The van der Waals surface area contributed by atoms with E-state index in [0.29, 0.717) is 5.56 Å². The van der Waals surface area contributed by atoms with Gasteiger partial charge in [-0.2, -0.15) is 13.2 Å². The number of aliphatic hydroxyl groups is 1. The fourth-order valence-corrected chi connectivity index (χ4v) is 5.16. The number of hydrogen-bond donors (Lipinski definition) is 2. The van der Waals surface area contributed by atoms with Crippen LogP contribution in [0, 0.1) is 5.92 Å². The second-order valence-electron chi connectivity index (χ2n) is 8.12. The second kappa shape index (κ2) is 9.82. The van der Waals surface area contributed by atoms with Gasteiger partial charge in [0, 0.05) is 5.56 Å². The average Bonchev–Trinajstić information content (AvgIpc) is 3.40. The van der Waals surface area contributed by atoms with Gasteiger partial charge in [-0.15, -0.1) is 11.3 Å². The number of ketones is 1. The highest BCUT2D eigenvalue weighted by Gasteiger charge is 2.70. The van der Waals surface area contributed by atoms with Crippen LogP contribution in [-0.2, 0) is 6.54 Å². The number of thiophene rings is 1. The molecular weight excluding hydrogens is 497 g/mol. The Bertz CT molecular complexity index is 1240. The summed E-state index contributed by atoms with van der Waals surface area (Å²) in [6.07, 6.45) is -5.39. The largest absolute Gasteiger partial charge is 0.493 e. The van der Waals surface area contributed by atoms with Gasteiger partial charge < -0.3 is 19.9 Å². The fourth-order valence-electron chi connectivity index (χ4n) is 4.46. The van der Waals surface area contributed by atoms with Crippen LogP contribution >= 0.6 is 11.3 Å². The summed E-state index contributed by atoms with van der Waals surface area (Å²) in [6.45, 7) is -0.584. The number of ether oxygens (including phenoxy) is 2. The Morgan fingerprint density at radius 1 is 1.08 bits per heavy atom. The van der Waals surface area contributed by atoms with Crippen molar-refractivity contribution in [3.05, 3.63) is 82.0 Å². The molecule has 0 bridgehead atoms. The van der Waals surface area contributed by atoms with Crippen molar-refractivity contribution in [1.82, 2.24) is 10.2 Å². The summed E-state index contributed by atoms with van der Waals surface area (Å²) < 4.78 is 55.2. The minimum absolute atomic E-state index is 0.00495. The maximum Gasteiger partial charge on any atom is 0.437 e. The lowest BCUT2D eigenvalue weighted by Crippen LogP contribution is -2.73. The highest BCUT2D eigenvalue weighted by molar-refractivity contribution is 7.12. The van der Waals surface area contributed by atoms with Gasteiger partial charge in [0.25, 0.3) is 5.72 Å². The van der Waals surface area contributed by atoms with Crippen molar-refractivity contribution in [2.75, 3.05) is 14.2 Å². The topological polar surface area (TPSA) is 88.1 Å². The van der Waals surface area contributed by atoms with E-state index < -0.39 is 42.2 Å². The molecule has 2 aromatic carbocycles. The number of benzene rings is 2. The Balaban J connectivity index is 1.94. The maximum atomic E-state index is 14.8. The van der Waals surface area contributed by atoms with E-state index in [1.165, 1.54) is 56.7 Å². The highest BCUT2D eigenvalue weighted by atomic mass is 32.1. The molecule has 1 aliphatic heterocycles. The lowest BCUT2D eigenvalue weighted by atomic mass is 9.77. The normalized spacial score (nSPS) is 22.2. The molecule has 4 rings (SSSR count). The van der Waals surface area contributed by atoms with E-state index in [-0.39, 0.29) is 26.8 Å². The summed E-state index contributed by atoms with van der Waals surface area (Å²) in [7, 11) is 2.64. The zero-order chi connectivity index (χ0) is 26.1. The first-order valence-corrected chi connectivity index (χ1v) is 11.7. The first-order chi connectivity index (χ1) is 17.1. The summed E-state index contributed by atoms with van der Waals surface area (Å²) in [5.41, 5.74) is -3.44. The van der Waals surface area contributed by atoms with Gasteiger partial charge in [0.05, 0.1) is 31.7 Å². The molecule has 36 heavy (non-hydrogen) atoms. The number of nitrogens with one attached hydrogen (secondary N) is 1. The monoisotopic (exact) mass is 520 g/mol. The van der Waals surface area contributed by atoms with Gasteiger partial charge >= 0.3 is 12.2 Å². The number of halogens is 3. The van der Waals surface area contributed by atoms with Gasteiger partial charge in [-0.25, -0.2) is 4.79 Å². The Hall–Kier alpha value is -3.57. The van der Waals surface area contributed by atoms with E-state index in [1.807, 2.05) is 0 Å². The first kappa shape index (κ1) is 25.5. The number of para-hydroxylation sites is 1. The van der Waals surface area contributed by atoms with E-state index in [9.17, 15) is 27.9 Å². The molecule has 1 fully saturated rings. The predicted molar refractivity (Wildman–Crippen MR) is 126 cm³/mol. The minimum atomic E-state index is -5.39. The molecule has 190 valence electrons. The number of nitrogens with zero attached hydrogens (tertiary/aromatic N) is 1. The fraction of sp³-hybridized carbons (Fsp3) is 0.280.